The Labute approximate surface area is 134 Å². The Balaban J connectivity index is 2.08. The standard InChI is InChI=1S/C17H19N3O3/c1-12(21)19-16(13-5-7-15(23-2)8-6-13)10-17(22)20-14-4-3-9-18-11-14/h3-9,11,16H,10H2,1-2H3,(H,19,21)(H,20,22)/t16-/m0/s1. The monoisotopic (exact) mass is 313 g/mol. The van der Waals surface area contributed by atoms with Crippen LogP contribution in [0.4, 0.5) is 5.69 Å². The lowest BCUT2D eigenvalue weighted by molar-refractivity contribution is -0.120. The fourth-order valence-corrected chi connectivity index (χ4v) is 2.17. The second-order valence-electron chi connectivity index (χ2n) is 5.02. The quantitative estimate of drug-likeness (QED) is 0.857. The van der Waals surface area contributed by atoms with Crippen LogP contribution in [0, 0.1) is 0 Å². The van der Waals surface area contributed by atoms with E-state index in [1.54, 1.807) is 43.8 Å². The summed E-state index contributed by atoms with van der Waals surface area (Å²) in [5.74, 6) is 0.322. The van der Waals surface area contributed by atoms with E-state index in [1.807, 2.05) is 12.1 Å². The molecule has 1 aromatic heterocycles. The molecule has 0 aliphatic carbocycles. The molecule has 0 unspecified atom stereocenters. The Morgan fingerprint density at radius 1 is 1.22 bits per heavy atom. The number of aromatic nitrogens is 1. The zero-order valence-electron chi connectivity index (χ0n) is 13.1. The first-order valence-corrected chi connectivity index (χ1v) is 7.19. The van der Waals surface area contributed by atoms with Gasteiger partial charge in [-0.25, -0.2) is 0 Å². The maximum absolute atomic E-state index is 12.2. The van der Waals surface area contributed by atoms with E-state index in [2.05, 4.69) is 15.6 Å². The minimum Gasteiger partial charge on any atom is -0.497 e. The van der Waals surface area contributed by atoms with Crippen molar-refractivity contribution in [1.82, 2.24) is 10.3 Å². The van der Waals surface area contributed by atoms with Gasteiger partial charge < -0.3 is 15.4 Å². The third kappa shape index (κ3) is 5.10. The molecule has 0 saturated heterocycles. The van der Waals surface area contributed by atoms with Gasteiger partial charge in [-0.15, -0.1) is 0 Å². The zero-order valence-corrected chi connectivity index (χ0v) is 13.1. The van der Waals surface area contributed by atoms with Gasteiger partial charge >= 0.3 is 0 Å². The normalized spacial score (nSPS) is 11.4. The summed E-state index contributed by atoms with van der Waals surface area (Å²) in [5, 5.41) is 5.55. The van der Waals surface area contributed by atoms with Crippen molar-refractivity contribution in [1.29, 1.82) is 0 Å². The lowest BCUT2D eigenvalue weighted by Gasteiger charge is -2.18. The molecule has 120 valence electrons. The van der Waals surface area contributed by atoms with Crippen LogP contribution >= 0.6 is 0 Å². The Kier molecular flexibility index (Phi) is 5.68. The number of pyridine rings is 1. The summed E-state index contributed by atoms with van der Waals surface area (Å²) in [7, 11) is 1.58. The first-order chi connectivity index (χ1) is 11.1. The largest absolute Gasteiger partial charge is 0.497 e. The van der Waals surface area contributed by atoms with E-state index in [4.69, 9.17) is 4.74 Å². The molecule has 1 heterocycles. The van der Waals surface area contributed by atoms with Crippen molar-refractivity contribution in [2.45, 2.75) is 19.4 Å². The average Bonchev–Trinajstić information content (AvgIpc) is 2.55. The number of nitrogens with one attached hydrogen (secondary N) is 2. The highest BCUT2D eigenvalue weighted by atomic mass is 16.5. The fourth-order valence-electron chi connectivity index (χ4n) is 2.17. The number of benzene rings is 1. The van der Waals surface area contributed by atoms with Crippen LogP contribution in [0.1, 0.15) is 24.9 Å². The molecule has 2 rings (SSSR count). The maximum atomic E-state index is 12.2. The minimum atomic E-state index is -0.407. The predicted molar refractivity (Wildman–Crippen MR) is 87.0 cm³/mol. The minimum absolute atomic E-state index is 0.126. The summed E-state index contributed by atoms with van der Waals surface area (Å²) in [6.07, 6.45) is 3.33. The van der Waals surface area contributed by atoms with Crippen LogP contribution < -0.4 is 15.4 Å². The van der Waals surface area contributed by atoms with Crippen LogP contribution in [-0.2, 0) is 9.59 Å². The highest BCUT2D eigenvalue weighted by Gasteiger charge is 2.17. The molecule has 0 bridgehead atoms. The van der Waals surface area contributed by atoms with E-state index in [9.17, 15) is 9.59 Å². The molecule has 0 radical (unpaired) electrons. The molecule has 6 nitrogen and oxygen atoms in total. The van der Waals surface area contributed by atoms with Crippen LogP contribution in [0.3, 0.4) is 0 Å². The van der Waals surface area contributed by atoms with E-state index in [-0.39, 0.29) is 18.2 Å². The molecule has 1 aromatic carbocycles. The van der Waals surface area contributed by atoms with E-state index < -0.39 is 6.04 Å². The van der Waals surface area contributed by atoms with Gasteiger partial charge in [0.2, 0.25) is 11.8 Å². The molecule has 6 heteroatoms. The fraction of sp³-hybridized carbons (Fsp3) is 0.235. The van der Waals surface area contributed by atoms with E-state index in [0.717, 1.165) is 11.3 Å². The second kappa shape index (κ2) is 7.93. The van der Waals surface area contributed by atoms with Crippen molar-refractivity contribution in [3.63, 3.8) is 0 Å². The van der Waals surface area contributed by atoms with Crippen molar-refractivity contribution >= 4 is 17.5 Å². The Morgan fingerprint density at radius 3 is 2.52 bits per heavy atom. The van der Waals surface area contributed by atoms with Crippen molar-refractivity contribution in [2.24, 2.45) is 0 Å². The van der Waals surface area contributed by atoms with Gasteiger partial charge in [0, 0.05) is 13.1 Å². The van der Waals surface area contributed by atoms with Crippen LogP contribution in [0.15, 0.2) is 48.8 Å². The topological polar surface area (TPSA) is 80.3 Å². The number of hydrogen-bond donors (Lipinski definition) is 2. The van der Waals surface area contributed by atoms with Crippen LogP contribution in [0.2, 0.25) is 0 Å². The summed E-state index contributed by atoms with van der Waals surface area (Å²) in [5.41, 5.74) is 1.45. The van der Waals surface area contributed by atoms with Crippen molar-refractivity contribution in [2.75, 3.05) is 12.4 Å². The Hall–Kier alpha value is -2.89. The van der Waals surface area contributed by atoms with E-state index in [1.165, 1.54) is 6.92 Å². The molecule has 2 aromatic rings. The van der Waals surface area contributed by atoms with Crippen molar-refractivity contribution in [3.05, 3.63) is 54.4 Å². The van der Waals surface area contributed by atoms with Gasteiger partial charge in [0.05, 0.1) is 31.5 Å². The molecule has 1 atom stereocenters. The molecule has 0 aliphatic heterocycles. The Morgan fingerprint density at radius 2 is 1.96 bits per heavy atom. The SMILES string of the molecule is COc1ccc([C@H](CC(=O)Nc2cccnc2)NC(C)=O)cc1. The molecule has 0 fully saturated rings. The van der Waals surface area contributed by atoms with Crippen LogP contribution in [0.5, 0.6) is 5.75 Å². The molecule has 0 spiro atoms. The molecule has 0 saturated carbocycles. The number of anilines is 1. The smallest absolute Gasteiger partial charge is 0.226 e. The number of carbonyl (C=O) groups is 2. The maximum Gasteiger partial charge on any atom is 0.226 e. The number of methoxy groups -OCH3 is 1. The summed E-state index contributed by atoms with van der Waals surface area (Å²) < 4.78 is 5.12. The molecule has 0 aliphatic rings. The second-order valence-corrected chi connectivity index (χ2v) is 5.02. The highest BCUT2D eigenvalue weighted by molar-refractivity contribution is 5.91. The summed E-state index contributed by atoms with van der Waals surface area (Å²) >= 11 is 0. The highest BCUT2D eigenvalue weighted by Crippen LogP contribution is 2.21. The molecular formula is C17H19N3O3. The molecule has 23 heavy (non-hydrogen) atoms. The number of hydrogen-bond acceptors (Lipinski definition) is 4. The van der Waals surface area contributed by atoms with Crippen LogP contribution in [0.25, 0.3) is 0 Å². The molecule has 2 amide bonds. The van der Waals surface area contributed by atoms with Gasteiger partial charge in [0.25, 0.3) is 0 Å². The van der Waals surface area contributed by atoms with E-state index in [0.29, 0.717) is 5.69 Å². The van der Waals surface area contributed by atoms with E-state index >= 15 is 0 Å². The molecule has 2 N–H and O–H groups in total. The van der Waals surface area contributed by atoms with Gasteiger partial charge in [-0.3, -0.25) is 14.6 Å². The summed E-state index contributed by atoms with van der Waals surface area (Å²) in [6, 6.07) is 10.3. The Bertz CT molecular complexity index is 657. The zero-order chi connectivity index (χ0) is 16.7. The number of rotatable bonds is 6. The number of nitrogens with zero attached hydrogens (tertiary/aromatic N) is 1. The third-order valence-electron chi connectivity index (χ3n) is 3.23. The number of ether oxygens (including phenoxy) is 1. The first kappa shape index (κ1) is 16.5. The average molecular weight is 313 g/mol. The van der Waals surface area contributed by atoms with Gasteiger partial charge in [0.15, 0.2) is 0 Å². The lowest BCUT2D eigenvalue weighted by atomic mass is 10.0. The first-order valence-electron chi connectivity index (χ1n) is 7.19. The van der Waals surface area contributed by atoms with Crippen molar-refractivity contribution < 1.29 is 14.3 Å². The third-order valence-corrected chi connectivity index (χ3v) is 3.23. The van der Waals surface area contributed by atoms with Gasteiger partial charge in [-0.2, -0.15) is 0 Å². The lowest BCUT2D eigenvalue weighted by Crippen LogP contribution is -2.29. The van der Waals surface area contributed by atoms with Gasteiger partial charge in [-0.1, -0.05) is 12.1 Å². The molecular weight excluding hydrogens is 294 g/mol. The number of amides is 2. The number of carbonyl (C=O) groups excluding carboxylic acids is 2. The summed E-state index contributed by atoms with van der Waals surface area (Å²) in [4.78, 5) is 27.5. The van der Waals surface area contributed by atoms with Crippen LogP contribution in [-0.4, -0.2) is 23.9 Å². The van der Waals surface area contributed by atoms with Crippen molar-refractivity contribution in [3.8, 4) is 5.75 Å². The predicted octanol–water partition coefficient (Wildman–Crippen LogP) is 2.30. The summed E-state index contributed by atoms with van der Waals surface area (Å²) in [6.45, 7) is 1.43. The van der Waals surface area contributed by atoms with Gasteiger partial charge in [0.1, 0.15) is 5.75 Å². The van der Waals surface area contributed by atoms with Gasteiger partial charge in [-0.05, 0) is 29.8 Å².